The number of rotatable bonds is 2. The van der Waals surface area contributed by atoms with Crippen LogP contribution < -0.4 is 10.6 Å². The van der Waals surface area contributed by atoms with Crippen molar-refractivity contribution in [2.24, 2.45) is 5.92 Å². The van der Waals surface area contributed by atoms with Gasteiger partial charge in [0.1, 0.15) is 11.5 Å². The summed E-state index contributed by atoms with van der Waals surface area (Å²) < 4.78 is 0. The minimum atomic E-state index is -1.20. The molecule has 3 N–H and O–H groups in total. The Morgan fingerprint density at radius 1 is 1.42 bits per heavy atom. The first-order valence-electron chi connectivity index (χ1n) is 6.01. The number of carbonyl (C=O) groups excluding carboxylic acids is 3. The average Bonchev–Trinajstić information content (AvgIpc) is 2.62. The zero-order valence-electron chi connectivity index (χ0n) is 10.4. The zero-order chi connectivity index (χ0) is 14.2. The maximum absolute atomic E-state index is 12.0. The number of hydrogen-bond acceptors (Lipinski definition) is 4. The molecule has 0 aliphatic carbocycles. The Morgan fingerprint density at radius 2 is 2.11 bits per heavy atom. The first kappa shape index (κ1) is 13.3. The Hall–Kier alpha value is -2.12. The molecule has 0 aromatic heterocycles. The number of nitrogens with one attached hydrogen (secondary N) is 2. The van der Waals surface area contributed by atoms with E-state index in [-0.39, 0.29) is 6.54 Å². The number of piperidine rings is 1. The lowest BCUT2D eigenvalue weighted by Gasteiger charge is -2.38. The molecule has 0 aromatic carbocycles. The summed E-state index contributed by atoms with van der Waals surface area (Å²) in [5.74, 6) is -3.36. The standard InChI is InChI=1S/C11H15N3O5/c1-6(8(16)17)7(15)14-4-2-3-11(5-14)9(18)12-10(19)13-11/h6H,2-5H2,1H3,(H,16,17)(H2,12,13,18,19). The van der Waals surface area contributed by atoms with Crippen LogP contribution in [0.1, 0.15) is 19.8 Å². The highest BCUT2D eigenvalue weighted by molar-refractivity contribution is 6.07. The Labute approximate surface area is 109 Å². The normalized spacial score (nSPS) is 27.9. The number of amides is 4. The molecule has 4 amide bonds. The van der Waals surface area contributed by atoms with Gasteiger partial charge in [-0.2, -0.15) is 0 Å². The monoisotopic (exact) mass is 269 g/mol. The van der Waals surface area contributed by atoms with E-state index in [0.29, 0.717) is 19.4 Å². The minimum absolute atomic E-state index is 0.0149. The Morgan fingerprint density at radius 3 is 2.63 bits per heavy atom. The van der Waals surface area contributed by atoms with Gasteiger partial charge in [0.15, 0.2) is 0 Å². The van der Waals surface area contributed by atoms with Crippen molar-refractivity contribution in [2.45, 2.75) is 25.3 Å². The predicted octanol–water partition coefficient (Wildman–Crippen LogP) is -1.09. The van der Waals surface area contributed by atoms with Crippen molar-refractivity contribution in [2.75, 3.05) is 13.1 Å². The topological polar surface area (TPSA) is 116 Å². The fourth-order valence-electron chi connectivity index (χ4n) is 2.44. The first-order valence-corrected chi connectivity index (χ1v) is 6.01. The molecule has 0 bridgehead atoms. The van der Waals surface area contributed by atoms with Gasteiger partial charge in [0, 0.05) is 6.54 Å². The van der Waals surface area contributed by atoms with Gasteiger partial charge in [-0.1, -0.05) is 0 Å². The van der Waals surface area contributed by atoms with Crippen LogP contribution in [0.4, 0.5) is 4.79 Å². The van der Waals surface area contributed by atoms with Gasteiger partial charge in [-0.25, -0.2) is 4.79 Å². The van der Waals surface area contributed by atoms with Crippen LogP contribution in [0.2, 0.25) is 0 Å². The lowest BCUT2D eigenvalue weighted by molar-refractivity contribution is -0.151. The van der Waals surface area contributed by atoms with E-state index in [1.807, 2.05) is 0 Å². The van der Waals surface area contributed by atoms with E-state index in [4.69, 9.17) is 5.11 Å². The van der Waals surface area contributed by atoms with Gasteiger partial charge in [-0.15, -0.1) is 0 Å². The highest BCUT2D eigenvalue weighted by Gasteiger charge is 2.50. The van der Waals surface area contributed by atoms with Crippen molar-refractivity contribution in [1.29, 1.82) is 0 Å². The van der Waals surface area contributed by atoms with E-state index in [0.717, 1.165) is 0 Å². The third-order valence-electron chi connectivity index (χ3n) is 3.56. The molecule has 2 aliphatic heterocycles. The molecule has 2 aliphatic rings. The molecule has 1 spiro atoms. The summed E-state index contributed by atoms with van der Waals surface area (Å²) in [4.78, 5) is 47.1. The maximum atomic E-state index is 12.0. The number of carbonyl (C=O) groups is 4. The van der Waals surface area contributed by atoms with Crippen LogP contribution in [0.3, 0.4) is 0 Å². The van der Waals surface area contributed by atoms with Gasteiger partial charge in [-0.3, -0.25) is 19.7 Å². The van der Waals surface area contributed by atoms with Gasteiger partial charge >= 0.3 is 12.0 Å². The van der Waals surface area contributed by atoms with E-state index < -0.39 is 35.3 Å². The lowest BCUT2D eigenvalue weighted by atomic mass is 9.88. The Kier molecular flexibility index (Phi) is 3.17. The second kappa shape index (κ2) is 4.52. The fourth-order valence-corrected chi connectivity index (χ4v) is 2.44. The molecule has 104 valence electrons. The maximum Gasteiger partial charge on any atom is 0.322 e. The van der Waals surface area contributed by atoms with Crippen molar-refractivity contribution < 1.29 is 24.3 Å². The van der Waals surface area contributed by atoms with E-state index in [9.17, 15) is 19.2 Å². The number of nitrogens with zero attached hydrogens (tertiary/aromatic N) is 1. The summed E-state index contributed by atoms with van der Waals surface area (Å²) in [5, 5.41) is 13.5. The van der Waals surface area contributed by atoms with Crippen LogP contribution in [-0.2, 0) is 14.4 Å². The number of carboxylic acid groups (broad SMARTS) is 1. The molecule has 8 nitrogen and oxygen atoms in total. The number of likely N-dealkylation sites (tertiary alicyclic amines) is 1. The number of aliphatic carboxylic acids is 1. The molecule has 2 heterocycles. The molecule has 2 unspecified atom stereocenters. The second-order valence-corrected chi connectivity index (χ2v) is 4.91. The third kappa shape index (κ3) is 2.25. The quantitative estimate of drug-likeness (QED) is 0.435. The predicted molar refractivity (Wildman–Crippen MR) is 62.0 cm³/mol. The molecule has 0 radical (unpaired) electrons. The van der Waals surface area contributed by atoms with Gasteiger partial charge in [0.2, 0.25) is 5.91 Å². The van der Waals surface area contributed by atoms with Gasteiger partial charge in [0.25, 0.3) is 5.91 Å². The summed E-state index contributed by atoms with van der Waals surface area (Å²) in [6.07, 6.45) is 0.974. The smallest absolute Gasteiger partial charge is 0.322 e. The molecule has 2 rings (SSSR count). The van der Waals surface area contributed by atoms with E-state index in [1.54, 1.807) is 0 Å². The van der Waals surface area contributed by atoms with Crippen LogP contribution in [0.15, 0.2) is 0 Å². The molecule has 2 atom stereocenters. The van der Waals surface area contributed by atoms with Crippen LogP contribution in [0.25, 0.3) is 0 Å². The number of imide groups is 1. The number of urea groups is 1. The molecular formula is C11H15N3O5. The van der Waals surface area contributed by atoms with E-state index in [1.165, 1.54) is 11.8 Å². The van der Waals surface area contributed by atoms with E-state index in [2.05, 4.69) is 10.6 Å². The zero-order valence-corrected chi connectivity index (χ0v) is 10.4. The van der Waals surface area contributed by atoms with Crippen LogP contribution in [0.5, 0.6) is 0 Å². The molecule has 0 saturated carbocycles. The summed E-state index contributed by atoms with van der Waals surface area (Å²) >= 11 is 0. The van der Waals surface area contributed by atoms with Crippen molar-refractivity contribution in [1.82, 2.24) is 15.5 Å². The summed E-state index contributed by atoms with van der Waals surface area (Å²) in [6.45, 7) is 1.71. The number of carboxylic acids is 1. The fraction of sp³-hybridized carbons (Fsp3) is 0.636. The minimum Gasteiger partial charge on any atom is -0.481 e. The molecule has 2 saturated heterocycles. The lowest BCUT2D eigenvalue weighted by Crippen LogP contribution is -2.60. The van der Waals surface area contributed by atoms with Crippen LogP contribution in [0, 0.1) is 5.92 Å². The molecule has 0 aromatic rings. The summed E-state index contributed by atoms with van der Waals surface area (Å²) in [7, 11) is 0. The third-order valence-corrected chi connectivity index (χ3v) is 3.56. The molecular weight excluding hydrogens is 254 g/mol. The highest BCUT2D eigenvalue weighted by Crippen LogP contribution is 2.25. The van der Waals surface area contributed by atoms with Gasteiger partial charge in [-0.05, 0) is 19.8 Å². The molecule has 2 fully saturated rings. The Balaban J connectivity index is 2.14. The summed E-state index contributed by atoms with van der Waals surface area (Å²) in [6, 6.07) is -0.578. The Bertz CT molecular complexity index is 463. The SMILES string of the molecule is CC(C(=O)O)C(=O)N1CCCC2(C1)NC(=O)NC2=O. The molecule has 8 heteroatoms. The van der Waals surface area contributed by atoms with Crippen LogP contribution >= 0.6 is 0 Å². The van der Waals surface area contributed by atoms with Crippen molar-refractivity contribution in [3.05, 3.63) is 0 Å². The van der Waals surface area contributed by atoms with Gasteiger partial charge < -0.3 is 15.3 Å². The van der Waals surface area contributed by atoms with Crippen LogP contribution in [-0.4, -0.2) is 52.4 Å². The number of hydrogen-bond donors (Lipinski definition) is 3. The highest BCUT2D eigenvalue weighted by atomic mass is 16.4. The van der Waals surface area contributed by atoms with E-state index >= 15 is 0 Å². The summed E-state index contributed by atoms with van der Waals surface area (Å²) in [5.41, 5.74) is -1.11. The van der Waals surface area contributed by atoms with Crippen molar-refractivity contribution in [3.63, 3.8) is 0 Å². The van der Waals surface area contributed by atoms with Crippen molar-refractivity contribution >= 4 is 23.8 Å². The van der Waals surface area contributed by atoms with Crippen molar-refractivity contribution in [3.8, 4) is 0 Å². The average molecular weight is 269 g/mol. The second-order valence-electron chi connectivity index (χ2n) is 4.91. The van der Waals surface area contributed by atoms with Gasteiger partial charge in [0.05, 0.1) is 6.54 Å². The molecule has 19 heavy (non-hydrogen) atoms. The first-order chi connectivity index (χ1) is 8.85. The largest absolute Gasteiger partial charge is 0.481 e.